The molecule has 0 bridgehead atoms. The minimum absolute atomic E-state index is 0.0000170. The zero-order chi connectivity index (χ0) is 16.8. The Kier molecular flexibility index (Phi) is 3.16. The number of benzene rings is 2. The van der Waals surface area contributed by atoms with Crippen LogP contribution in [0.4, 0.5) is 0 Å². The predicted molar refractivity (Wildman–Crippen MR) is 81.2 cm³/mol. The van der Waals surface area contributed by atoms with Crippen LogP contribution in [-0.4, -0.2) is 29.9 Å². The molecular weight excluding hydrogens is 316 g/mol. The van der Waals surface area contributed by atoms with Gasteiger partial charge in [-0.1, -0.05) is 12.1 Å². The Bertz CT molecular complexity index is 843. The van der Waals surface area contributed by atoms with Gasteiger partial charge in [0.05, 0.1) is 13.5 Å². The molecule has 0 fully saturated rings. The second kappa shape index (κ2) is 5.23. The van der Waals surface area contributed by atoms with Gasteiger partial charge in [0.15, 0.2) is 28.8 Å². The molecule has 7 heteroatoms. The largest absolute Gasteiger partial charge is 0.504 e. The summed E-state index contributed by atoms with van der Waals surface area (Å²) in [6.45, 7) is 0.0412. The van der Waals surface area contributed by atoms with Crippen molar-refractivity contribution in [2.45, 2.75) is 12.5 Å². The number of phenolic OH excluding ortho intramolecular Hbond substituents is 2. The average Bonchev–Trinajstić information content (AvgIpc) is 3.03. The predicted octanol–water partition coefficient (Wildman–Crippen LogP) is 2.54. The van der Waals surface area contributed by atoms with Crippen molar-refractivity contribution in [2.24, 2.45) is 0 Å². The van der Waals surface area contributed by atoms with E-state index in [0.717, 1.165) is 0 Å². The third-order valence-electron chi connectivity index (χ3n) is 4.10. The third-order valence-corrected chi connectivity index (χ3v) is 4.10. The quantitative estimate of drug-likeness (QED) is 0.817. The van der Waals surface area contributed by atoms with Crippen molar-refractivity contribution in [3.8, 4) is 34.5 Å². The summed E-state index contributed by atoms with van der Waals surface area (Å²) in [4.78, 5) is 12.6. The van der Waals surface area contributed by atoms with E-state index in [2.05, 4.69) is 0 Å². The van der Waals surface area contributed by atoms with Crippen molar-refractivity contribution < 1.29 is 34.0 Å². The van der Waals surface area contributed by atoms with E-state index >= 15 is 0 Å². The molecule has 0 aromatic heterocycles. The molecule has 2 aliphatic heterocycles. The lowest BCUT2D eigenvalue weighted by Gasteiger charge is -2.27. The number of ether oxygens (including phenoxy) is 4. The number of para-hydroxylation sites is 1. The summed E-state index contributed by atoms with van der Waals surface area (Å²) in [7, 11) is 1.44. The number of phenols is 2. The van der Waals surface area contributed by atoms with Crippen LogP contribution >= 0.6 is 0 Å². The highest BCUT2D eigenvalue weighted by Crippen LogP contribution is 2.51. The normalized spacial score (nSPS) is 18.0. The maximum Gasteiger partial charge on any atom is 0.231 e. The summed E-state index contributed by atoms with van der Waals surface area (Å²) in [6.07, 6.45) is -0.720. The first-order chi connectivity index (χ1) is 11.6. The highest BCUT2D eigenvalue weighted by atomic mass is 16.7. The first-order valence-electron chi connectivity index (χ1n) is 7.31. The smallest absolute Gasteiger partial charge is 0.231 e. The lowest BCUT2D eigenvalue weighted by molar-refractivity contribution is 0.0840. The van der Waals surface area contributed by atoms with E-state index in [1.807, 2.05) is 0 Å². The molecule has 1 unspecified atom stereocenters. The van der Waals surface area contributed by atoms with Crippen molar-refractivity contribution in [1.29, 1.82) is 0 Å². The molecule has 0 radical (unpaired) electrons. The highest BCUT2D eigenvalue weighted by Gasteiger charge is 2.36. The Morgan fingerprint density at radius 1 is 1.21 bits per heavy atom. The Balaban J connectivity index is 1.81. The fourth-order valence-corrected chi connectivity index (χ4v) is 2.99. The maximum absolute atomic E-state index is 12.6. The minimum Gasteiger partial charge on any atom is -0.504 e. The van der Waals surface area contributed by atoms with Crippen LogP contribution in [0.3, 0.4) is 0 Å². The molecule has 7 nitrogen and oxygen atoms in total. The van der Waals surface area contributed by atoms with Crippen molar-refractivity contribution in [1.82, 2.24) is 0 Å². The van der Waals surface area contributed by atoms with E-state index in [-0.39, 0.29) is 41.8 Å². The van der Waals surface area contributed by atoms with E-state index in [9.17, 15) is 15.0 Å². The van der Waals surface area contributed by atoms with Gasteiger partial charge in [-0.25, -0.2) is 0 Å². The number of ketones is 1. The van der Waals surface area contributed by atoms with Crippen molar-refractivity contribution in [3.05, 3.63) is 35.4 Å². The molecule has 2 aromatic rings. The van der Waals surface area contributed by atoms with Crippen LogP contribution in [0.25, 0.3) is 0 Å². The SMILES string of the molecule is COc1c2c(cc3c1C(=O)CC(c1cccc(O)c1O)O3)OCO2. The Labute approximate surface area is 137 Å². The monoisotopic (exact) mass is 330 g/mol. The number of rotatable bonds is 2. The Morgan fingerprint density at radius 2 is 2.04 bits per heavy atom. The molecule has 2 aromatic carbocycles. The molecule has 2 aliphatic rings. The molecule has 1 atom stereocenters. The number of Topliss-reactive ketones (excluding diaryl/α,β-unsaturated/α-hetero) is 1. The summed E-state index contributed by atoms with van der Waals surface area (Å²) >= 11 is 0. The van der Waals surface area contributed by atoms with Gasteiger partial charge in [0.1, 0.15) is 17.4 Å². The lowest BCUT2D eigenvalue weighted by Crippen LogP contribution is -2.21. The second-order valence-electron chi connectivity index (χ2n) is 5.47. The summed E-state index contributed by atoms with van der Waals surface area (Å²) < 4.78 is 21.9. The van der Waals surface area contributed by atoms with E-state index in [0.29, 0.717) is 22.8 Å². The molecular formula is C17H14O7. The Hall–Kier alpha value is -3.09. The topological polar surface area (TPSA) is 94.5 Å². The molecule has 124 valence electrons. The maximum atomic E-state index is 12.6. The molecule has 2 heterocycles. The van der Waals surface area contributed by atoms with E-state index in [1.165, 1.54) is 13.2 Å². The summed E-state index contributed by atoms with van der Waals surface area (Å²) in [6, 6.07) is 6.11. The zero-order valence-corrected chi connectivity index (χ0v) is 12.7. The van der Waals surface area contributed by atoms with Gasteiger partial charge in [-0.05, 0) is 6.07 Å². The number of carbonyl (C=O) groups excluding carboxylic acids is 1. The molecule has 0 saturated carbocycles. The van der Waals surface area contributed by atoms with E-state index < -0.39 is 6.10 Å². The van der Waals surface area contributed by atoms with E-state index in [4.69, 9.17) is 18.9 Å². The molecule has 0 aliphatic carbocycles. The first kappa shape index (κ1) is 14.5. The number of carbonyl (C=O) groups is 1. The highest BCUT2D eigenvalue weighted by molar-refractivity contribution is 6.04. The molecule has 4 rings (SSSR count). The van der Waals surface area contributed by atoms with Gasteiger partial charge in [0.25, 0.3) is 0 Å². The van der Waals surface area contributed by atoms with Gasteiger partial charge >= 0.3 is 0 Å². The van der Waals surface area contributed by atoms with Crippen molar-refractivity contribution in [3.63, 3.8) is 0 Å². The summed E-state index contributed by atoms with van der Waals surface area (Å²) in [5.74, 6) is 0.609. The summed E-state index contributed by atoms with van der Waals surface area (Å²) in [5, 5.41) is 19.7. The number of hydrogen-bond acceptors (Lipinski definition) is 7. The van der Waals surface area contributed by atoms with E-state index in [1.54, 1.807) is 18.2 Å². The van der Waals surface area contributed by atoms with Crippen LogP contribution in [0.2, 0.25) is 0 Å². The van der Waals surface area contributed by atoms with Gasteiger partial charge in [-0.2, -0.15) is 0 Å². The Morgan fingerprint density at radius 3 is 2.83 bits per heavy atom. The number of aromatic hydroxyl groups is 2. The minimum atomic E-state index is -0.720. The number of methoxy groups -OCH3 is 1. The van der Waals surface area contributed by atoms with Crippen molar-refractivity contribution in [2.75, 3.05) is 13.9 Å². The third kappa shape index (κ3) is 2.01. The number of hydrogen-bond donors (Lipinski definition) is 2. The zero-order valence-electron chi connectivity index (χ0n) is 12.7. The van der Waals surface area contributed by atoms with Gasteiger partial charge in [0, 0.05) is 11.6 Å². The van der Waals surface area contributed by atoms with Crippen molar-refractivity contribution >= 4 is 5.78 Å². The average molecular weight is 330 g/mol. The van der Waals surface area contributed by atoms with Gasteiger partial charge in [0.2, 0.25) is 12.5 Å². The van der Waals surface area contributed by atoms with Crippen LogP contribution in [-0.2, 0) is 0 Å². The van der Waals surface area contributed by atoms with Crippen LogP contribution in [0.5, 0.6) is 34.5 Å². The molecule has 0 saturated heterocycles. The summed E-state index contributed by atoms with van der Waals surface area (Å²) in [5.41, 5.74) is 0.628. The molecule has 0 amide bonds. The fourth-order valence-electron chi connectivity index (χ4n) is 2.99. The lowest BCUT2D eigenvalue weighted by atomic mass is 9.94. The van der Waals surface area contributed by atoms with Gasteiger partial charge < -0.3 is 29.2 Å². The first-order valence-corrected chi connectivity index (χ1v) is 7.31. The van der Waals surface area contributed by atoms with Crippen LogP contribution < -0.4 is 18.9 Å². The molecule has 2 N–H and O–H groups in total. The fraction of sp³-hybridized carbons (Fsp3) is 0.235. The second-order valence-corrected chi connectivity index (χ2v) is 5.47. The van der Waals surface area contributed by atoms with Crippen LogP contribution in [0.15, 0.2) is 24.3 Å². The van der Waals surface area contributed by atoms with Crippen LogP contribution in [0.1, 0.15) is 28.4 Å². The van der Waals surface area contributed by atoms with Gasteiger partial charge in [-0.15, -0.1) is 0 Å². The molecule has 0 spiro atoms. The van der Waals surface area contributed by atoms with Crippen LogP contribution in [0, 0.1) is 0 Å². The van der Waals surface area contributed by atoms with Gasteiger partial charge in [-0.3, -0.25) is 4.79 Å². The standard InChI is InChI=1S/C17H14O7/c1-21-17-14-10(19)5-11(8-3-2-4-9(18)15(8)20)24-12(14)6-13-16(17)23-7-22-13/h2-4,6,11,18,20H,5,7H2,1H3. The molecule has 24 heavy (non-hydrogen) atoms. The number of fused-ring (bicyclic) bond motifs is 2.